The first-order valence-electron chi connectivity index (χ1n) is 8.54. The van der Waals surface area contributed by atoms with E-state index in [1.165, 1.54) is 10.6 Å². The molecule has 1 aromatic carbocycles. The Labute approximate surface area is 149 Å². The highest BCUT2D eigenvalue weighted by Gasteiger charge is 2.28. The minimum atomic E-state index is -0.153. The third kappa shape index (κ3) is 3.53. The van der Waals surface area contributed by atoms with Gasteiger partial charge in [0.2, 0.25) is 5.91 Å². The van der Waals surface area contributed by atoms with Gasteiger partial charge in [0.25, 0.3) is 5.56 Å². The topological polar surface area (TPSA) is 94.7 Å². The van der Waals surface area contributed by atoms with Crippen LogP contribution in [0.15, 0.2) is 53.5 Å². The van der Waals surface area contributed by atoms with Gasteiger partial charge in [0.1, 0.15) is 0 Å². The summed E-state index contributed by atoms with van der Waals surface area (Å²) >= 11 is 0. The quantitative estimate of drug-likeness (QED) is 0.732. The minimum Gasteiger partial charge on any atom is -0.326 e. The van der Waals surface area contributed by atoms with Crippen molar-refractivity contribution >= 4 is 11.6 Å². The van der Waals surface area contributed by atoms with E-state index in [4.69, 9.17) is 0 Å². The summed E-state index contributed by atoms with van der Waals surface area (Å²) < 4.78 is 3.35. The third-order valence-corrected chi connectivity index (χ3v) is 4.27. The van der Waals surface area contributed by atoms with Crippen molar-refractivity contribution in [1.82, 2.24) is 24.8 Å². The van der Waals surface area contributed by atoms with Crippen molar-refractivity contribution in [2.24, 2.45) is 0 Å². The summed E-state index contributed by atoms with van der Waals surface area (Å²) in [6.45, 7) is 0.338. The van der Waals surface area contributed by atoms with E-state index in [-0.39, 0.29) is 17.9 Å². The van der Waals surface area contributed by atoms with Crippen LogP contribution < -0.4 is 10.9 Å². The monoisotopic (exact) mass is 350 g/mol. The predicted molar refractivity (Wildman–Crippen MR) is 95.5 cm³/mol. The van der Waals surface area contributed by atoms with Crippen molar-refractivity contribution in [3.05, 3.63) is 59.0 Å². The molecule has 1 aliphatic carbocycles. The molecule has 2 aromatic heterocycles. The van der Waals surface area contributed by atoms with Crippen molar-refractivity contribution in [3.63, 3.8) is 0 Å². The maximum Gasteiger partial charge on any atom is 0.250 e. The molecule has 26 heavy (non-hydrogen) atoms. The van der Waals surface area contributed by atoms with Gasteiger partial charge >= 0.3 is 0 Å². The fourth-order valence-electron chi connectivity index (χ4n) is 2.78. The molecule has 0 aliphatic heterocycles. The molecule has 1 N–H and O–H groups in total. The lowest BCUT2D eigenvalue weighted by molar-refractivity contribution is -0.116. The first kappa shape index (κ1) is 16.2. The lowest BCUT2D eigenvalue weighted by atomic mass is 10.2. The van der Waals surface area contributed by atoms with Crippen LogP contribution in [0.3, 0.4) is 0 Å². The van der Waals surface area contributed by atoms with Gasteiger partial charge in [-0.1, -0.05) is 18.2 Å². The maximum atomic E-state index is 12.2. The van der Waals surface area contributed by atoms with E-state index in [2.05, 4.69) is 20.8 Å². The Morgan fingerprint density at radius 2 is 2.08 bits per heavy atom. The number of rotatable bonds is 6. The van der Waals surface area contributed by atoms with Crippen LogP contribution in [0.2, 0.25) is 0 Å². The molecule has 1 aliphatic rings. The number of amides is 1. The summed E-state index contributed by atoms with van der Waals surface area (Å²) in [6.07, 6.45) is 4.07. The highest BCUT2D eigenvalue weighted by molar-refractivity contribution is 5.91. The second kappa shape index (κ2) is 6.91. The number of anilines is 1. The van der Waals surface area contributed by atoms with Crippen LogP contribution >= 0.6 is 0 Å². The number of carbonyl (C=O) groups excluding carboxylic acids is 1. The molecule has 132 valence electrons. The molecule has 0 atom stereocenters. The molecule has 1 saturated carbocycles. The minimum absolute atomic E-state index is 0.116. The fraction of sp³-hybridized carbons (Fsp3) is 0.278. The van der Waals surface area contributed by atoms with Gasteiger partial charge in [-0.25, -0.2) is 4.68 Å². The average Bonchev–Trinajstić information content (AvgIpc) is 3.38. The van der Waals surface area contributed by atoms with E-state index < -0.39 is 0 Å². The van der Waals surface area contributed by atoms with Crippen molar-refractivity contribution in [1.29, 1.82) is 0 Å². The van der Waals surface area contributed by atoms with Gasteiger partial charge in [0.05, 0.1) is 6.04 Å². The summed E-state index contributed by atoms with van der Waals surface area (Å²) in [7, 11) is 0. The number of benzene rings is 1. The Hall–Kier alpha value is -3.29. The standard InChI is InChI=1S/C18H18N6O2/c25-16(9-11-23-10-2-1-6-17(23)26)19-14-5-3-4-13(12-14)18-20-21-22-24(18)15-7-8-15/h1-6,10,12,15H,7-9,11H2,(H,19,25). The number of carbonyl (C=O) groups is 1. The summed E-state index contributed by atoms with van der Waals surface area (Å²) in [5.74, 6) is 0.555. The van der Waals surface area contributed by atoms with Gasteiger partial charge in [-0.15, -0.1) is 5.10 Å². The van der Waals surface area contributed by atoms with Crippen molar-refractivity contribution < 1.29 is 4.79 Å². The molecule has 8 nitrogen and oxygen atoms in total. The molecule has 3 aromatic rings. The molecule has 0 saturated heterocycles. The van der Waals surface area contributed by atoms with Crippen LogP contribution in [0, 0.1) is 0 Å². The van der Waals surface area contributed by atoms with E-state index in [1.54, 1.807) is 18.3 Å². The average molecular weight is 350 g/mol. The molecule has 0 spiro atoms. The molecule has 1 fully saturated rings. The van der Waals surface area contributed by atoms with E-state index in [0.29, 0.717) is 24.1 Å². The van der Waals surface area contributed by atoms with E-state index in [0.717, 1.165) is 18.4 Å². The second-order valence-corrected chi connectivity index (χ2v) is 6.29. The largest absolute Gasteiger partial charge is 0.326 e. The van der Waals surface area contributed by atoms with Gasteiger partial charge in [-0.05, 0) is 41.5 Å². The lowest BCUT2D eigenvalue weighted by Crippen LogP contribution is -2.21. The predicted octanol–water partition coefficient (Wildman–Crippen LogP) is 1.87. The smallest absolute Gasteiger partial charge is 0.250 e. The molecule has 0 radical (unpaired) electrons. The maximum absolute atomic E-state index is 12.2. The third-order valence-electron chi connectivity index (χ3n) is 4.27. The highest BCUT2D eigenvalue weighted by Crippen LogP contribution is 2.36. The van der Waals surface area contributed by atoms with Crippen LogP contribution in [0.25, 0.3) is 11.4 Å². The molecule has 4 rings (SSSR count). The van der Waals surface area contributed by atoms with Crippen molar-refractivity contribution in [3.8, 4) is 11.4 Å². The van der Waals surface area contributed by atoms with Crippen LogP contribution in [-0.2, 0) is 11.3 Å². The van der Waals surface area contributed by atoms with E-state index in [9.17, 15) is 9.59 Å². The van der Waals surface area contributed by atoms with Crippen molar-refractivity contribution in [2.45, 2.75) is 31.8 Å². The van der Waals surface area contributed by atoms with Crippen LogP contribution in [-0.4, -0.2) is 30.7 Å². The summed E-state index contributed by atoms with van der Waals surface area (Å²) in [5, 5.41) is 14.8. The first-order valence-corrected chi connectivity index (χ1v) is 8.54. The normalized spacial score (nSPS) is 13.5. The molecular formula is C18H18N6O2. The highest BCUT2D eigenvalue weighted by atomic mass is 16.1. The Morgan fingerprint density at radius 3 is 2.88 bits per heavy atom. The summed E-state index contributed by atoms with van der Waals surface area (Å²) in [5.41, 5.74) is 1.42. The Morgan fingerprint density at radius 1 is 1.19 bits per heavy atom. The number of tetrazole rings is 1. The molecular weight excluding hydrogens is 332 g/mol. The van der Waals surface area contributed by atoms with Crippen LogP contribution in [0.1, 0.15) is 25.3 Å². The number of pyridine rings is 1. The van der Waals surface area contributed by atoms with Crippen LogP contribution in [0.4, 0.5) is 5.69 Å². The van der Waals surface area contributed by atoms with E-state index in [1.807, 2.05) is 28.9 Å². The van der Waals surface area contributed by atoms with Gasteiger partial charge in [-0.3, -0.25) is 9.59 Å². The fourth-order valence-corrected chi connectivity index (χ4v) is 2.78. The zero-order valence-corrected chi connectivity index (χ0v) is 14.1. The summed E-state index contributed by atoms with van der Waals surface area (Å²) in [4.78, 5) is 23.9. The lowest BCUT2D eigenvalue weighted by Gasteiger charge is -2.08. The molecule has 0 bridgehead atoms. The Bertz CT molecular complexity index is 989. The number of hydrogen-bond donors (Lipinski definition) is 1. The number of nitrogens with zero attached hydrogens (tertiary/aromatic N) is 5. The van der Waals surface area contributed by atoms with Gasteiger partial charge < -0.3 is 9.88 Å². The Balaban J connectivity index is 1.43. The summed E-state index contributed by atoms with van der Waals surface area (Å²) in [6, 6.07) is 12.8. The first-order chi connectivity index (χ1) is 12.7. The van der Waals surface area contributed by atoms with Crippen LogP contribution in [0.5, 0.6) is 0 Å². The van der Waals surface area contributed by atoms with Gasteiger partial charge in [-0.2, -0.15) is 0 Å². The SMILES string of the molecule is O=C(CCn1ccccc1=O)Nc1cccc(-c2nnnn2C2CC2)c1. The Kier molecular flexibility index (Phi) is 4.30. The molecule has 2 heterocycles. The number of aryl methyl sites for hydroxylation is 1. The molecule has 8 heteroatoms. The second-order valence-electron chi connectivity index (χ2n) is 6.29. The van der Waals surface area contributed by atoms with E-state index >= 15 is 0 Å². The van der Waals surface area contributed by atoms with Crippen molar-refractivity contribution in [2.75, 3.05) is 5.32 Å². The number of aromatic nitrogens is 5. The zero-order chi connectivity index (χ0) is 17.9. The molecule has 1 amide bonds. The zero-order valence-electron chi connectivity index (χ0n) is 14.1. The van der Waals surface area contributed by atoms with Gasteiger partial charge in [0.15, 0.2) is 5.82 Å². The van der Waals surface area contributed by atoms with Gasteiger partial charge in [0, 0.05) is 36.5 Å². The number of hydrogen-bond acceptors (Lipinski definition) is 5. The number of nitrogens with one attached hydrogen (secondary N) is 1. The molecule has 0 unspecified atom stereocenters.